The van der Waals surface area contributed by atoms with Gasteiger partial charge in [0.05, 0.1) is 0 Å². The molecule has 1 aliphatic heterocycles. The second kappa shape index (κ2) is 3.51. The van der Waals surface area contributed by atoms with E-state index in [9.17, 15) is 0 Å². The zero-order valence-electron chi connectivity index (χ0n) is 8.38. The average molecular weight is 175 g/mol. The quantitative estimate of drug-likeness (QED) is 0.727. The summed E-state index contributed by atoms with van der Waals surface area (Å²) in [6, 6.07) is 10.3. The van der Waals surface area contributed by atoms with Crippen LogP contribution in [-0.2, 0) is 6.42 Å². The zero-order valence-corrected chi connectivity index (χ0v) is 8.38. The highest BCUT2D eigenvalue weighted by molar-refractivity contribution is 5.23. The van der Waals surface area contributed by atoms with Crippen molar-refractivity contribution in [1.82, 2.24) is 5.32 Å². The fourth-order valence-electron chi connectivity index (χ4n) is 2.07. The van der Waals surface area contributed by atoms with E-state index in [-0.39, 0.29) is 0 Å². The summed E-state index contributed by atoms with van der Waals surface area (Å²) in [5, 5.41) is 3.51. The fourth-order valence-corrected chi connectivity index (χ4v) is 2.07. The van der Waals surface area contributed by atoms with Crippen molar-refractivity contribution < 1.29 is 0 Å². The first-order valence-corrected chi connectivity index (χ1v) is 5.05. The van der Waals surface area contributed by atoms with Crippen molar-refractivity contribution >= 4 is 0 Å². The van der Waals surface area contributed by atoms with E-state index < -0.39 is 0 Å². The molecular formula is C12H17N. The van der Waals surface area contributed by atoms with Gasteiger partial charge in [-0.05, 0) is 32.3 Å². The minimum Gasteiger partial charge on any atom is -0.311 e. The molecule has 13 heavy (non-hydrogen) atoms. The molecule has 0 spiro atoms. The van der Waals surface area contributed by atoms with Gasteiger partial charge in [-0.25, -0.2) is 0 Å². The molecule has 1 saturated heterocycles. The number of aryl methyl sites for hydroxylation is 1. The Kier molecular flexibility index (Phi) is 2.36. The predicted octanol–water partition coefficient (Wildman–Crippen LogP) is 2.29. The van der Waals surface area contributed by atoms with Gasteiger partial charge in [0.15, 0.2) is 0 Å². The van der Waals surface area contributed by atoms with E-state index in [1.807, 2.05) is 0 Å². The van der Waals surface area contributed by atoms with E-state index in [1.165, 1.54) is 24.0 Å². The van der Waals surface area contributed by atoms with Crippen LogP contribution in [0.2, 0.25) is 0 Å². The normalized spacial score (nSPS) is 26.9. The molecule has 1 aliphatic rings. The van der Waals surface area contributed by atoms with E-state index in [1.54, 1.807) is 0 Å². The maximum absolute atomic E-state index is 3.51. The lowest BCUT2D eigenvalue weighted by atomic mass is 9.92. The third-order valence-electron chi connectivity index (χ3n) is 2.72. The van der Waals surface area contributed by atoms with Gasteiger partial charge in [-0.15, -0.1) is 0 Å². The van der Waals surface area contributed by atoms with Gasteiger partial charge in [0.25, 0.3) is 0 Å². The summed E-state index contributed by atoms with van der Waals surface area (Å²) in [6.07, 6.45) is 2.51. The van der Waals surface area contributed by atoms with Gasteiger partial charge in [0, 0.05) is 12.1 Å². The van der Waals surface area contributed by atoms with Gasteiger partial charge < -0.3 is 5.32 Å². The summed E-state index contributed by atoms with van der Waals surface area (Å²) < 4.78 is 0. The molecular weight excluding hydrogens is 158 g/mol. The van der Waals surface area contributed by atoms with E-state index in [2.05, 4.69) is 43.4 Å². The molecule has 0 amide bonds. The molecule has 2 unspecified atom stereocenters. The van der Waals surface area contributed by atoms with Crippen molar-refractivity contribution in [2.45, 2.75) is 38.8 Å². The van der Waals surface area contributed by atoms with Crippen LogP contribution in [0.25, 0.3) is 0 Å². The van der Waals surface area contributed by atoms with Crippen LogP contribution in [0.4, 0.5) is 0 Å². The maximum Gasteiger partial charge on any atom is 0.0125 e. The Balaban J connectivity index is 1.94. The van der Waals surface area contributed by atoms with Crippen LogP contribution in [0.3, 0.4) is 0 Å². The minimum absolute atomic E-state index is 0.719. The second-order valence-electron chi connectivity index (χ2n) is 4.19. The standard InChI is InChI=1S/C12H17N/c1-9-4-3-5-11(6-9)8-12-7-10(2)13-12/h3-6,10,12-13H,7-8H2,1-2H3. The lowest BCUT2D eigenvalue weighted by molar-refractivity contribution is 0.280. The molecule has 0 aromatic heterocycles. The second-order valence-corrected chi connectivity index (χ2v) is 4.19. The number of nitrogens with one attached hydrogen (secondary N) is 1. The van der Waals surface area contributed by atoms with Crippen LogP contribution in [0, 0.1) is 6.92 Å². The summed E-state index contributed by atoms with van der Waals surface area (Å²) in [7, 11) is 0. The third kappa shape index (κ3) is 2.10. The SMILES string of the molecule is Cc1cccc(CC2CC(C)N2)c1. The van der Waals surface area contributed by atoms with Gasteiger partial charge in [-0.3, -0.25) is 0 Å². The van der Waals surface area contributed by atoms with Crippen molar-refractivity contribution in [2.24, 2.45) is 0 Å². The summed E-state index contributed by atoms with van der Waals surface area (Å²) in [5.41, 5.74) is 2.83. The molecule has 0 aliphatic carbocycles. The Labute approximate surface area is 80.2 Å². The summed E-state index contributed by atoms with van der Waals surface area (Å²) >= 11 is 0. The molecule has 1 fully saturated rings. The average Bonchev–Trinajstić information content (AvgIpc) is 2.01. The monoisotopic (exact) mass is 175 g/mol. The number of hydrogen-bond acceptors (Lipinski definition) is 1. The highest BCUT2D eigenvalue weighted by atomic mass is 15.0. The van der Waals surface area contributed by atoms with Gasteiger partial charge >= 0.3 is 0 Å². The highest BCUT2D eigenvalue weighted by Crippen LogP contribution is 2.16. The number of rotatable bonds is 2. The molecule has 1 heteroatoms. The van der Waals surface area contributed by atoms with E-state index in [0.717, 1.165) is 12.1 Å². The number of benzene rings is 1. The Morgan fingerprint density at radius 1 is 1.46 bits per heavy atom. The topological polar surface area (TPSA) is 12.0 Å². The summed E-state index contributed by atoms with van der Waals surface area (Å²) in [6.45, 7) is 4.40. The third-order valence-corrected chi connectivity index (χ3v) is 2.72. The molecule has 2 rings (SSSR count). The first-order chi connectivity index (χ1) is 6.24. The lowest BCUT2D eigenvalue weighted by Gasteiger charge is -2.35. The van der Waals surface area contributed by atoms with Crippen molar-refractivity contribution in [3.05, 3.63) is 35.4 Å². The van der Waals surface area contributed by atoms with Crippen LogP contribution in [-0.4, -0.2) is 12.1 Å². The maximum atomic E-state index is 3.51. The molecule has 1 aromatic carbocycles. The highest BCUT2D eigenvalue weighted by Gasteiger charge is 2.23. The van der Waals surface area contributed by atoms with Crippen LogP contribution in [0.1, 0.15) is 24.5 Å². The molecule has 1 aromatic rings. The van der Waals surface area contributed by atoms with E-state index >= 15 is 0 Å². The molecule has 0 bridgehead atoms. The van der Waals surface area contributed by atoms with Gasteiger partial charge in [-0.2, -0.15) is 0 Å². The Bertz CT molecular complexity index is 287. The smallest absolute Gasteiger partial charge is 0.0125 e. The van der Waals surface area contributed by atoms with Crippen molar-refractivity contribution in [3.63, 3.8) is 0 Å². The zero-order chi connectivity index (χ0) is 9.26. The molecule has 1 N–H and O–H groups in total. The van der Waals surface area contributed by atoms with Crippen LogP contribution in [0.5, 0.6) is 0 Å². The molecule has 0 saturated carbocycles. The minimum atomic E-state index is 0.719. The number of hydrogen-bond donors (Lipinski definition) is 1. The Hall–Kier alpha value is -0.820. The van der Waals surface area contributed by atoms with Gasteiger partial charge in [0.1, 0.15) is 0 Å². The van der Waals surface area contributed by atoms with Gasteiger partial charge in [0.2, 0.25) is 0 Å². The predicted molar refractivity (Wildman–Crippen MR) is 55.9 cm³/mol. The van der Waals surface area contributed by atoms with Crippen molar-refractivity contribution in [1.29, 1.82) is 0 Å². The van der Waals surface area contributed by atoms with Crippen LogP contribution in [0.15, 0.2) is 24.3 Å². The molecule has 0 radical (unpaired) electrons. The van der Waals surface area contributed by atoms with E-state index in [4.69, 9.17) is 0 Å². The van der Waals surface area contributed by atoms with Crippen LogP contribution < -0.4 is 5.32 Å². The molecule has 2 atom stereocenters. The summed E-state index contributed by atoms with van der Waals surface area (Å²) in [4.78, 5) is 0. The van der Waals surface area contributed by atoms with E-state index in [0.29, 0.717) is 0 Å². The Morgan fingerprint density at radius 3 is 2.85 bits per heavy atom. The molecule has 1 heterocycles. The first-order valence-electron chi connectivity index (χ1n) is 5.05. The van der Waals surface area contributed by atoms with Crippen molar-refractivity contribution in [2.75, 3.05) is 0 Å². The molecule has 1 nitrogen and oxygen atoms in total. The summed E-state index contributed by atoms with van der Waals surface area (Å²) in [5.74, 6) is 0. The fraction of sp³-hybridized carbons (Fsp3) is 0.500. The first kappa shape index (κ1) is 8.76. The Morgan fingerprint density at radius 2 is 2.23 bits per heavy atom. The largest absolute Gasteiger partial charge is 0.311 e. The van der Waals surface area contributed by atoms with Gasteiger partial charge in [-0.1, -0.05) is 29.8 Å². The lowest BCUT2D eigenvalue weighted by Crippen LogP contribution is -2.51. The van der Waals surface area contributed by atoms with Crippen molar-refractivity contribution in [3.8, 4) is 0 Å². The van der Waals surface area contributed by atoms with Crippen LogP contribution >= 0.6 is 0 Å². The molecule has 70 valence electrons.